The first-order chi connectivity index (χ1) is 8.65. The second-order valence-corrected chi connectivity index (χ2v) is 5.32. The molecule has 0 bridgehead atoms. The van der Waals surface area contributed by atoms with Gasteiger partial charge in [-0.3, -0.25) is 4.79 Å². The number of benzene rings is 1. The molecular weight excluding hydrogens is 298 g/mol. The van der Waals surface area contributed by atoms with E-state index in [-0.39, 0.29) is 18.8 Å². The van der Waals surface area contributed by atoms with E-state index in [9.17, 15) is 9.90 Å². The van der Waals surface area contributed by atoms with Crippen molar-refractivity contribution in [3.05, 3.63) is 28.2 Å². The van der Waals surface area contributed by atoms with E-state index in [1.54, 1.807) is 12.1 Å². The van der Waals surface area contributed by atoms with Crippen molar-refractivity contribution in [3.63, 3.8) is 0 Å². The molecule has 1 N–H and O–H groups in total. The molecule has 0 spiro atoms. The first kappa shape index (κ1) is 13.5. The summed E-state index contributed by atoms with van der Waals surface area (Å²) in [7, 11) is 0. The number of carbonyl (C=O) groups is 1. The first-order valence-corrected chi connectivity index (χ1v) is 6.69. The van der Waals surface area contributed by atoms with Gasteiger partial charge in [0.2, 0.25) is 0 Å². The molecule has 0 radical (unpaired) electrons. The van der Waals surface area contributed by atoms with E-state index in [0.717, 1.165) is 16.4 Å². The minimum atomic E-state index is -0.154. The molecule has 18 heavy (non-hydrogen) atoms. The van der Waals surface area contributed by atoms with Crippen LogP contribution in [0.1, 0.15) is 17.3 Å². The van der Waals surface area contributed by atoms with Crippen LogP contribution in [0.2, 0.25) is 0 Å². The summed E-state index contributed by atoms with van der Waals surface area (Å²) in [5.41, 5.74) is 1.67. The predicted molar refractivity (Wildman–Crippen MR) is 73.2 cm³/mol. The van der Waals surface area contributed by atoms with E-state index in [1.165, 1.54) is 0 Å². The summed E-state index contributed by atoms with van der Waals surface area (Å²) < 4.78 is 6.40. The average Bonchev–Trinajstić information content (AvgIpc) is 2.39. The smallest absolute Gasteiger partial charge is 0.150 e. The maximum atomic E-state index is 10.7. The van der Waals surface area contributed by atoms with Gasteiger partial charge in [0.15, 0.2) is 0 Å². The quantitative estimate of drug-likeness (QED) is 0.865. The molecule has 1 aromatic rings. The number of aldehydes is 1. The van der Waals surface area contributed by atoms with Gasteiger partial charge in [0.05, 0.1) is 25.0 Å². The van der Waals surface area contributed by atoms with E-state index >= 15 is 0 Å². The Labute approximate surface area is 115 Å². The number of hydrogen-bond donors (Lipinski definition) is 1. The molecule has 1 fully saturated rings. The maximum Gasteiger partial charge on any atom is 0.150 e. The Morgan fingerprint density at radius 1 is 1.61 bits per heavy atom. The van der Waals surface area contributed by atoms with E-state index in [4.69, 9.17) is 4.74 Å². The zero-order valence-electron chi connectivity index (χ0n) is 10.2. The summed E-state index contributed by atoms with van der Waals surface area (Å²) in [5, 5.41) is 9.18. The van der Waals surface area contributed by atoms with Gasteiger partial charge in [0.1, 0.15) is 6.29 Å². The summed E-state index contributed by atoms with van der Waals surface area (Å²) in [6.45, 7) is 3.34. The van der Waals surface area contributed by atoms with Crippen LogP contribution in [0, 0.1) is 0 Å². The largest absolute Gasteiger partial charge is 0.394 e. The lowest BCUT2D eigenvalue weighted by Gasteiger charge is -2.39. The zero-order valence-corrected chi connectivity index (χ0v) is 11.8. The minimum absolute atomic E-state index is 0.0211. The van der Waals surface area contributed by atoms with Crippen LogP contribution in [-0.2, 0) is 4.74 Å². The van der Waals surface area contributed by atoms with Gasteiger partial charge in [-0.15, -0.1) is 0 Å². The molecule has 1 heterocycles. The number of morpholine rings is 1. The number of anilines is 1. The van der Waals surface area contributed by atoms with Crippen molar-refractivity contribution in [2.75, 3.05) is 24.7 Å². The van der Waals surface area contributed by atoms with Crippen LogP contribution in [0.15, 0.2) is 22.7 Å². The molecule has 2 unspecified atom stereocenters. The Morgan fingerprint density at radius 3 is 3.00 bits per heavy atom. The first-order valence-electron chi connectivity index (χ1n) is 5.89. The Balaban J connectivity index is 2.26. The van der Waals surface area contributed by atoms with Crippen molar-refractivity contribution >= 4 is 27.9 Å². The third-order valence-electron chi connectivity index (χ3n) is 3.13. The minimum Gasteiger partial charge on any atom is -0.394 e. The lowest BCUT2D eigenvalue weighted by molar-refractivity contribution is -0.0103. The summed E-state index contributed by atoms with van der Waals surface area (Å²) in [4.78, 5) is 12.9. The molecular formula is C13H16BrNO3. The number of hydrogen-bond acceptors (Lipinski definition) is 4. The lowest BCUT2D eigenvalue weighted by Crippen LogP contribution is -2.49. The third-order valence-corrected chi connectivity index (χ3v) is 3.76. The molecule has 1 aromatic carbocycles. The molecule has 1 aliphatic rings. The standard InChI is InChI=1S/C13H16BrNO3/c1-9-8-18-11(7-17)5-15(9)13-3-2-10(6-16)4-12(13)14/h2-4,6,9,11,17H,5,7-8H2,1H3. The van der Waals surface area contributed by atoms with E-state index in [1.807, 2.05) is 6.07 Å². The topological polar surface area (TPSA) is 49.8 Å². The number of nitrogens with zero attached hydrogens (tertiary/aromatic N) is 1. The van der Waals surface area contributed by atoms with Gasteiger partial charge >= 0.3 is 0 Å². The molecule has 0 aromatic heterocycles. The molecule has 2 rings (SSSR count). The summed E-state index contributed by atoms with van der Waals surface area (Å²) >= 11 is 3.49. The normalized spacial score (nSPS) is 24.1. The zero-order chi connectivity index (χ0) is 13.1. The van der Waals surface area contributed by atoms with Gasteiger partial charge in [-0.2, -0.15) is 0 Å². The van der Waals surface area contributed by atoms with E-state index in [2.05, 4.69) is 27.8 Å². The van der Waals surface area contributed by atoms with Crippen LogP contribution in [-0.4, -0.2) is 43.3 Å². The molecule has 0 aliphatic carbocycles. The SMILES string of the molecule is CC1COC(CO)CN1c1ccc(C=O)cc1Br. The third kappa shape index (κ3) is 2.74. The van der Waals surface area contributed by atoms with Crippen LogP contribution < -0.4 is 4.90 Å². The van der Waals surface area contributed by atoms with E-state index < -0.39 is 0 Å². The van der Waals surface area contributed by atoms with Crippen LogP contribution in [0.25, 0.3) is 0 Å². The monoisotopic (exact) mass is 313 g/mol. The summed E-state index contributed by atoms with van der Waals surface area (Å²) in [6.07, 6.45) is 0.673. The molecule has 2 atom stereocenters. The number of halogens is 1. The van der Waals surface area contributed by atoms with Crippen LogP contribution >= 0.6 is 15.9 Å². The maximum absolute atomic E-state index is 10.7. The predicted octanol–water partition coefficient (Wildman–Crippen LogP) is 1.85. The Kier molecular flexibility index (Phi) is 4.37. The molecule has 1 aliphatic heterocycles. The fourth-order valence-electron chi connectivity index (χ4n) is 2.09. The number of aliphatic hydroxyl groups is 1. The van der Waals surface area contributed by atoms with Crippen molar-refractivity contribution in [3.8, 4) is 0 Å². The molecule has 98 valence electrons. The summed E-state index contributed by atoms with van der Waals surface area (Å²) in [5.74, 6) is 0. The van der Waals surface area contributed by atoms with Crippen molar-refractivity contribution < 1.29 is 14.6 Å². The fraction of sp³-hybridized carbons (Fsp3) is 0.462. The van der Waals surface area contributed by atoms with Gasteiger partial charge in [-0.05, 0) is 41.1 Å². The Morgan fingerprint density at radius 2 is 2.39 bits per heavy atom. The fourth-order valence-corrected chi connectivity index (χ4v) is 2.72. The van der Waals surface area contributed by atoms with Gasteiger partial charge in [-0.25, -0.2) is 0 Å². The lowest BCUT2D eigenvalue weighted by atomic mass is 10.1. The summed E-state index contributed by atoms with van der Waals surface area (Å²) in [6, 6.07) is 5.76. The van der Waals surface area contributed by atoms with Crippen LogP contribution in [0.4, 0.5) is 5.69 Å². The average molecular weight is 314 g/mol. The van der Waals surface area contributed by atoms with Crippen molar-refractivity contribution in [1.82, 2.24) is 0 Å². The molecule has 0 amide bonds. The highest BCUT2D eigenvalue weighted by Gasteiger charge is 2.26. The number of aliphatic hydroxyl groups excluding tert-OH is 1. The number of rotatable bonds is 3. The number of carbonyl (C=O) groups excluding carboxylic acids is 1. The van der Waals surface area contributed by atoms with Crippen LogP contribution in [0.5, 0.6) is 0 Å². The van der Waals surface area contributed by atoms with Gasteiger partial charge in [-0.1, -0.05) is 0 Å². The van der Waals surface area contributed by atoms with Crippen molar-refractivity contribution in [2.24, 2.45) is 0 Å². The highest BCUT2D eigenvalue weighted by Crippen LogP contribution is 2.30. The van der Waals surface area contributed by atoms with Crippen molar-refractivity contribution in [2.45, 2.75) is 19.1 Å². The number of ether oxygens (including phenoxy) is 1. The Hall–Kier alpha value is -0.910. The van der Waals surface area contributed by atoms with Gasteiger partial charge in [0, 0.05) is 22.6 Å². The highest BCUT2D eigenvalue weighted by molar-refractivity contribution is 9.10. The van der Waals surface area contributed by atoms with Crippen LogP contribution in [0.3, 0.4) is 0 Å². The van der Waals surface area contributed by atoms with Crippen molar-refractivity contribution in [1.29, 1.82) is 0 Å². The molecule has 4 nitrogen and oxygen atoms in total. The van der Waals surface area contributed by atoms with Gasteiger partial charge < -0.3 is 14.7 Å². The second kappa shape index (κ2) is 5.82. The van der Waals surface area contributed by atoms with Gasteiger partial charge in [0.25, 0.3) is 0 Å². The molecule has 0 saturated carbocycles. The Bertz CT molecular complexity index is 438. The molecule has 1 saturated heterocycles. The highest BCUT2D eigenvalue weighted by atomic mass is 79.9. The second-order valence-electron chi connectivity index (χ2n) is 4.47. The van der Waals surface area contributed by atoms with E-state index in [0.29, 0.717) is 18.7 Å². The molecule has 5 heteroatoms.